The zero-order chi connectivity index (χ0) is 14.5. The second-order valence-corrected chi connectivity index (χ2v) is 6.83. The van der Waals surface area contributed by atoms with E-state index in [0.717, 1.165) is 35.8 Å². The maximum absolute atomic E-state index is 5.69. The first-order chi connectivity index (χ1) is 9.61. The molecule has 1 unspecified atom stereocenters. The van der Waals surface area contributed by atoms with E-state index in [1.807, 2.05) is 30.0 Å². The van der Waals surface area contributed by atoms with Gasteiger partial charge in [0, 0.05) is 24.4 Å². The molecule has 3 N–H and O–H groups in total. The lowest BCUT2D eigenvalue weighted by molar-refractivity contribution is 0.464. The topological polar surface area (TPSA) is 55.9 Å². The van der Waals surface area contributed by atoms with Crippen molar-refractivity contribution >= 4 is 27.3 Å². The van der Waals surface area contributed by atoms with Crippen LogP contribution in [-0.4, -0.2) is 15.8 Å². The van der Waals surface area contributed by atoms with Gasteiger partial charge in [-0.2, -0.15) is 5.10 Å². The Bertz CT molecular complexity index is 536. The van der Waals surface area contributed by atoms with Crippen LogP contribution in [0.5, 0.6) is 0 Å². The average molecular weight is 357 g/mol. The second-order valence-electron chi connectivity index (χ2n) is 5.01. The van der Waals surface area contributed by atoms with Gasteiger partial charge in [-0.05, 0) is 53.6 Å². The van der Waals surface area contributed by atoms with E-state index in [9.17, 15) is 0 Å². The monoisotopic (exact) mass is 356 g/mol. The summed E-state index contributed by atoms with van der Waals surface area (Å²) in [7, 11) is 1.98. The van der Waals surface area contributed by atoms with Crippen molar-refractivity contribution in [2.75, 3.05) is 0 Å². The lowest BCUT2D eigenvalue weighted by Crippen LogP contribution is -2.37. The van der Waals surface area contributed by atoms with E-state index in [-0.39, 0.29) is 6.04 Å². The molecule has 0 radical (unpaired) electrons. The molecule has 0 aliphatic rings. The van der Waals surface area contributed by atoms with Gasteiger partial charge in [-0.15, -0.1) is 11.3 Å². The van der Waals surface area contributed by atoms with Crippen LogP contribution in [0.4, 0.5) is 0 Å². The minimum atomic E-state index is 0.279. The minimum absolute atomic E-state index is 0.279. The van der Waals surface area contributed by atoms with Crippen LogP contribution in [0.1, 0.15) is 29.1 Å². The number of thiophene rings is 1. The average Bonchev–Trinajstić information content (AvgIpc) is 3.01. The van der Waals surface area contributed by atoms with Crippen molar-refractivity contribution in [1.82, 2.24) is 15.2 Å². The summed E-state index contributed by atoms with van der Waals surface area (Å²) < 4.78 is 3.03. The maximum Gasteiger partial charge on any atom is 0.0738 e. The number of aryl methyl sites for hydroxylation is 3. The number of nitrogens with one attached hydrogen (secondary N) is 1. The molecule has 2 rings (SSSR count). The highest BCUT2D eigenvalue weighted by molar-refractivity contribution is 9.10. The Hall–Kier alpha value is -0.690. The first-order valence-electron chi connectivity index (χ1n) is 6.78. The Morgan fingerprint density at radius 2 is 2.35 bits per heavy atom. The zero-order valence-electron chi connectivity index (χ0n) is 11.9. The fraction of sp³-hybridized carbons (Fsp3) is 0.500. The van der Waals surface area contributed by atoms with Gasteiger partial charge in [-0.3, -0.25) is 16.0 Å². The Kier molecular flexibility index (Phi) is 5.77. The van der Waals surface area contributed by atoms with Gasteiger partial charge in [-0.1, -0.05) is 6.07 Å². The Labute approximate surface area is 132 Å². The summed E-state index contributed by atoms with van der Waals surface area (Å²) in [6.45, 7) is 2.01. The summed E-state index contributed by atoms with van der Waals surface area (Å²) in [6, 6.07) is 4.58. The molecule has 0 aliphatic carbocycles. The van der Waals surface area contributed by atoms with Gasteiger partial charge < -0.3 is 0 Å². The molecule has 0 amide bonds. The Morgan fingerprint density at radius 1 is 1.55 bits per heavy atom. The number of hydrogen-bond donors (Lipinski definition) is 2. The minimum Gasteiger partial charge on any atom is -0.271 e. The molecule has 6 heteroatoms. The van der Waals surface area contributed by atoms with E-state index >= 15 is 0 Å². The van der Waals surface area contributed by atoms with Crippen LogP contribution >= 0.6 is 27.3 Å². The van der Waals surface area contributed by atoms with Crippen molar-refractivity contribution in [2.45, 2.75) is 38.6 Å². The Balaban J connectivity index is 1.88. The number of halogens is 1. The fourth-order valence-electron chi connectivity index (χ4n) is 2.36. The van der Waals surface area contributed by atoms with E-state index in [1.165, 1.54) is 10.6 Å². The summed E-state index contributed by atoms with van der Waals surface area (Å²) in [5.74, 6) is 5.69. The van der Waals surface area contributed by atoms with Gasteiger partial charge in [0.05, 0.1) is 15.9 Å². The van der Waals surface area contributed by atoms with Crippen molar-refractivity contribution in [3.63, 3.8) is 0 Å². The number of hydrazine groups is 1. The molecule has 0 aliphatic heterocycles. The summed E-state index contributed by atoms with van der Waals surface area (Å²) in [5, 5.41) is 6.55. The molecule has 2 heterocycles. The molecule has 1 atom stereocenters. The highest BCUT2D eigenvalue weighted by Crippen LogP contribution is 2.22. The van der Waals surface area contributed by atoms with Gasteiger partial charge in [0.2, 0.25) is 0 Å². The standard InChI is InChI=1S/C14H21BrN4S/c1-10-14(15)13(19(2)18-10)9-11(17-16)5-3-6-12-7-4-8-20-12/h4,7-8,11,17H,3,5-6,9,16H2,1-2H3. The van der Waals surface area contributed by atoms with E-state index in [0.29, 0.717) is 0 Å². The molecule has 0 fully saturated rings. The smallest absolute Gasteiger partial charge is 0.0738 e. The largest absolute Gasteiger partial charge is 0.271 e. The predicted molar refractivity (Wildman–Crippen MR) is 87.7 cm³/mol. The number of aromatic nitrogens is 2. The number of nitrogens with two attached hydrogens (primary N) is 1. The third-order valence-corrected chi connectivity index (χ3v) is 5.46. The summed E-state index contributed by atoms with van der Waals surface area (Å²) in [6.07, 6.45) is 4.22. The maximum atomic E-state index is 5.69. The van der Waals surface area contributed by atoms with Gasteiger partial charge in [0.1, 0.15) is 0 Å². The molecular weight excluding hydrogens is 336 g/mol. The molecule has 0 bridgehead atoms. The molecule has 2 aromatic rings. The summed E-state index contributed by atoms with van der Waals surface area (Å²) >= 11 is 5.43. The predicted octanol–water partition coefficient (Wildman–Crippen LogP) is 2.95. The van der Waals surface area contributed by atoms with Gasteiger partial charge in [0.25, 0.3) is 0 Å². The number of nitrogens with zero attached hydrogens (tertiary/aromatic N) is 2. The lowest BCUT2D eigenvalue weighted by atomic mass is 10.0. The molecule has 0 aromatic carbocycles. The van der Waals surface area contributed by atoms with Crippen molar-refractivity contribution < 1.29 is 0 Å². The van der Waals surface area contributed by atoms with Crippen LogP contribution < -0.4 is 11.3 Å². The first kappa shape index (κ1) is 15.7. The molecule has 2 aromatic heterocycles. The molecular formula is C14H21BrN4S. The quantitative estimate of drug-likeness (QED) is 0.592. The van der Waals surface area contributed by atoms with Crippen LogP contribution in [0.15, 0.2) is 22.0 Å². The first-order valence-corrected chi connectivity index (χ1v) is 8.45. The highest BCUT2D eigenvalue weighted by atomic mass is 79.9. The van der Waals surface area contributed by atoms with Crippen molar-refractivity contribution in [2.24, 2.45) is 12.9 Å². The van der Waals surface area contributed by atoms with Crippen LogP contribution in [0.25, 0.3) is 0 Å². The normalized spacial score (nSPS) is 12.8. The van der Waals surface area contributed by atoms with E-state index in [1.54, 1.807) is 0 Å². The van der Waals surface area contributed by atoms with Crippen LogP contribution in [0.2, 0.25) is 0 Å². The molecule has 20 heavy (non-hydrogen) atoms. The molecule has 0 spiro atoms. The van der Waals surface area contributed by atoms with Crippen molar-refractivity contribution in [1.29, 1.82) is 0 Å². The molecule has 0 saturated carbocycles. The summed E-state index contributed by atoms with van der Waals surface area (Å²) in [5.41, 5.74) is 5.16. The zero-order valence-corrected chi connectivity index (χ0v) is 14.3. The fourth-order valence-corrected chi connectivity index (χ4v) is 3.61. The number of hydrogen-bond acceptors (Lipinski definition) is 4. The lowest BCUT2D eigenvalue weighted by Gasteiger charge is -2.16. The van der Waals surface area contributed by atoms with Crippen LogP contribution in [0.3, 0.4) is 0 Å². The SMILES string of the molecule is Cc1nn(C)c(CC(CCCc2cccs2)NN)c1Br. The van der Waals surface area contributed by atoms with Crippen LogP contribution in [-0.2, 0) is 19.9 Å². The van der Waals surface area contributed by atoms with Gasteiger partial charge in [0.15, 0.2) is 0 Å². The van der Waals surface area contributed by atoms with Gasteiger partial charge in [-0.25, -0.2) is 0 Å². The Morgan fingerprint density at radius 3 is 2.90 bits per heavy atom. The number of rotatable bonds is 7. The third-order valence-electron chi connectivity index (χ3n) is 3.49. The van der Waals surface area contributed by atoms with Crippen molar-refractivity contribution in [3.05, 3.63) is 38.3 Å². The van der Waals surface area contributed by atoms with Crippen LogP contribution in [0, 0.1) is 6.92 Å². The van der Waals surface area contributed by atoms with E-state index in [4.69, 9.17) is 5.84 Å². The van der Waals surface area contributed by atoms with Crippen molar-refractivity contribution in [3.8, 4) is 0 Å². The van der Waals surface area contributed by atoms with E-state index < -0.39 is 0 Å². The molecule has 0 saturated heterocycles. The highest BCUT2D eigenvalue weighted by Gasteiger charge is 2.15. The molecule has 110 valence electrons. The third kappa shape index (κ3) is 3.91. The summed E-state index contributed by atoms with van der Waals surface area (Å²) in [4.78, 5) is 1.44. The van der Waals surface area contributed by atoms with Gasteiger partial charge >= 0.3 is 0 Å². The molecule has 4 nitrogen and oxygen atoms in total. The second kappa shape index (κ2) is 7.36. The van der Waals surface area contributed by atoms with E-state index in [2.05, 4.69) is 44.0 Å².